The van der Waals surface area contributed by atoms with Crippen LogP contribution in [-0.2, 0) is 21.4 Å². The quantitative estimate of drug-likeness (QED) is 0.720. The van der Waals surface area contributed by atoms with Gasteiger partial charge in [-0.1, -0.05) is 13.3 Å². The summed E-state index contributed by atoms with van der Waals surface area (Å²) in [4.78, 5) is 22.5. The van der Waals surface area contributed by atoms with Crippen molar-refractivity contribution >= 4 is 27.0 Å². The number of aromatic nitrogens is 3. The SMILES string of the molecule is COCc1cc2cnc(NC3CCN(S(C)(=O)=O)CC3)nc2n(C2CCC[C@@H]2C)c1=O. The van der Waals surface area contributed by atoms with E-state index >= 15 is 0 Å². The summed E-state index contributed by atoms with van der Waals surface area (Å²) in [6.07, 6.45) is 7.54. The van der Waals surface area contributed by atoms with Gasteiger partial charge in [0.15, 0.2) is 0 Å². The Balaban J connectivity index is 1.65. The Morgan fingerprint density at radius 3 is 2.58 bits per heavy atom. The topological polar surface area (TPSA) is 106 Å². The molecule has 4 rings (SSSR count). The molecule has 0 aromatic carbocycles. The van der Waals surface area contributed by atoms with E-state index in [0.717, 1.165) is 24.6 Å². The number of ether oxygens (including phenoxy) is 1. The van der Waals surface area contributed by atoms with Crippen LogP contribution >= 0.6 is 0 Å². The monoisotopic (exact) mass is 449 g/mol. The molecule has 0 bridgehead atoms. The maximum Gasteiger partial charge on any atom is 0.258 e. The first-order valence-electron chi connectivity index (χ1n) is 10.9. The van der Waals surface area contributed by atoms with E-state index in [4.69, 9.17) is 9.72 Å². The number of methoxy groups -OCH3 is 1. The third-order valence-corrected chi connectivity index (χ3v) is 7.85. The van der Waals surface area contributed by atoms with Crippen molar-refractivity contribution in [1.82, 2.24) is 18.8 Å². The maximum atomic E-state index is 13.3. The molecular weight excluding hydrogens is 418 g/mol. The predicted molar refractivity (Wildman–Crippen MR) is 120 cm³/mol. The van der Waals surface area contributed by atoms with Crippen molar-refractivity contribution in [2.45, 2.75) is 57.7 Å². The number of hydrogen-bond donors (Lipinski definition) is 1. The number of nitrogens with one attached hydrogen (secondary N) is 1. The summed E-state index contributed by atoms with van der Waals surface area (Å²) in [5, 5.41) is 4.17. The molecule has 31 heavy (non-hydrogen) atoms. The van der Waals surface area contributed by atoms with Gasteiger partial charge in [0.1, 0.15) is 5.65 Å². The Morgan fingerprint density at radius 1 is 1.23 bits per heavy atom. The van der Waals surface area contributed by atoms with Crippen molar-refractivity contribution in [3.8, 4) is 0 Å². The first kappa shape index (κ1) is 22.2. The summed E-state index contributed by atoms with van der Waals surface area (Å²) < 4.78 is 32.1. The number of anilines is 1. The van der Waals surface area contributed by atoms with Crippen LogP contribution in [0.5, 0.6) is 0 Å². The molecular formula is C21H31N5O4S. The lowest BCUT2D eigenvalue weighted by Gasteiger charge is -2.30. The summed E-state index contributed by atoms with van der Waals surface area (Å²) in [6, 6.07) is 2.03. The Bertz CT molecular complexity index is 1110. The minimum absolute atomic E-state index is 0.0424. The Kier molecular flexibility index (Phi) is 6.32. The molecule has 1 N–H and O–H groups in total. The fourth-order valence-electron chi connectivity index (χ4n) is 4.84. The molecule has 3 heterocycles. The molecule has 2 aromatic rings. The number of piperidine rings is 1. The maximum absolute atomic E-state index is 13.3. The van der Waals surface area contributed by atoms with Crippen molar-refractivity contribution in [3.63, 3.8) is 0 Å². The Morgan fingerprint density at radius 2 is 1.97 bits per heavy atom. The van der Waals surface area contributed by atoms with E-state index in [-0.39, 0.29) is 24.2 Å². The lowest BCUT2D eigenvalue weighted by Crippen LogP contribution is -2.42. The van der Waals surface area contributed by atoms with E-state index in [9.17, 15) is 13.2 Å². The first-order valence-corrected chi connectivity index (χ1v) is 12.7. The molecule has 1 aliphatic carbocycles. The third kappa shape index (κ3) is 4.61. The van der Waals surface area contributed by atoms with Crippen molar-refractivity contribution in [3.05, 3.63) is 28.2 Å². The summed E-state index contributed by atoms with van der Waals surface area (Å²) in [6.45, 7) is 3.41. The summed E-state index contributed by atoms with van der Waals surface area (Å²) in [5.74, 6) is 0.883. The average molecular weight is 450 g/mol. The molecule has 2 aromatic heterocycles. The van der Waals surface area contributed by atoms with Gasteiger partial charge in [-0.15, -0.1) is 0 Å². The second-order valence-corrected chi connectivity index (χ2v) is 10.8. The van der Waals surface area contributed by atoms with Crippen LogP contribution in [0.15, 0.2) is 17.1 Å². The van der Waals surface area contributed by atoms with Crippen molar-refractivity contribution in [2.24, 2.45) is 5.92 Å². The number of hydrogen-bond acceptors (Lipinski definition) is 7. The summed E-state index contributed by atoms with van der Waals surface area (Å²) >= 11 is 0. The highest BCUT2D eigenvalue weighted by Gasteiger charge is 2.29. The van der Waals surface area contributed by atoms with Crippen LogP contribution in [0.25, 0.3) is 11.0 Å². The second-order valence-electron chi connectivity index (χ2n) is 8.81. The predicted octanol–water partition coefficient (Wildman–Crippen LogP) is 2.13. The minimum Gasteiger partial charge on any atom is -0.380 e. The highest BCUT2D eigenvalue weighted by Crippen LogP contribution is 2.36. The molecule has 2 atom stereocenters. The smallest absolute Gasteiger partial charge is 0.258 e. The van der Waals surface area contributed by atoms with Crippen LogP contribution in [0.4, 0.5) is 5.95 Å². The van der Waals surface area contributed by atoms with Crippen LogP contribution in [0.3, 0.4) is 0 Å². The molecule has 170 valence electrons. The van der Waals surface area contributed by atoms with E-state index in [1.54, 1.807) is 13.3 Å². The van der Waals surface area contributed by atoms with Crippen LogP contribution < -0.4 is 10.9 Å². The lowest BCUT2D eigenvalue weighted by molar-refractivity contribution is 0.183. The van der Waals surface area contributed by atoms with Gasteiger partial charge in [0.05, 0.1) is 12.9 Å². The zero-order valence-electron chi connectivity index (χ0n) is 18.4. The normalized spacial score (nSPS) is 23.5. The van der Waals surface area contributed by atoms with E-state index in [0.29, 0.717) is 49.0 Å². The third-order valence-electron chi connectivity index (χ3n) is 6.55. The van der Waals surface area contributed by atoms with Crippen LogP contribution in [-0.4, -0.2) is 59.8 Å². The molecule has 1 saturated carbocycles. The molecule has 2 fully saturated rings. The molecule has 1 unspecified atom stereocenters. The summed E-state index contributed by atoms with van der Waals surface area (Å²) in [5.41, 5.74) is 1.22. The van der Waals surface area contributed by atoms with Crippen molar-refractivity contribution < 1.29 is 13.2 Å². The highest BCUT2D eigenvalue weighted by molar-refractivity contribution is 7.88. The van der Waals surface area contributed by atoms with Gasteiger partial charge in [-0.05, 0) is 37.7 Å². The molecule has 2 aliphatic rings. The fraction of sp³-hybridized carbons (Fsp3) is 0.667. The standard InChI is InChI=1S/C21H31N5O4S/c1-14-5-4-6-18(14)26-19-15(11-16(13-30-2)20(26)27)12-22-21(24-19)23-17-7-9-25(10-8-17)31(3,28)29/h11-12,14,17-18H,4-10,13H2,1-3H3,(H,22,23,24)/t14-,18?/m0/s1. The molecule has 1 saturated heterocycles. The molecule has 0 radical (unpaired) electrons. The molecule has 1 aliphatic heterocycles. The zero-order chi connectivity index (χ0) is 22.2. The summed E-state index contributed by atoms with van der Waals surface area (Å²) in [7, 11) is -1.57. The van der Waals surface area contributed by atoms with E-state index < -0.39 is 10.0 Å². The van der Waals surface area contributed by atoms with Gasteiger partial charge in [0.2, 0.25) is 16.0 Å². The van der Waals surface area contributed by atoms with E-state index in [1.807, 2.05) is 10.6 Å². The van der Waals surface area contributed by atoms with Gasteiger partial charge in [-0.2, -0.15) is 4.98 Å². The van der Waals surface area contributed by atoms with Crippen LogP contribution in [0.2, 0.25) is 0 Å². The van der Waals surface area contributed by atoms with Crippen molar-refractivity contribution in [1.29, 1.82) is 0 Å². The number of fused-ring (bicyclic) bond motifs is 1. The largest absolute Gasteiger partial charge is 0.380 e. The van der Waals surface area contributed by atoms with Crippen LogP contribution in [0, 0.1) is 5.92 Å². The first-order chi connectivity index (χ1) is 14.8. The van der Waals surface area contributed by atoms with Gasteiger partial charge in [-0.3, -0.25) is 9.36 Å². The molecule has 9 nitrogen and oxygen atoms in total. The molecule has 0 amide bonds. The lowest BCUT2D eigenvalue weighted by atomic mass is 10.1. The van der Waals surface area contributed by atoms with Crippen molar-refractivity contribution in [2.75, 3.05) is 31.8 Å². The Labute approximate surface area is 182 Å². The number of nitrogens with zero attached hydrogens (tertiary/aromatic N) is 4. The molecule has 10 heteroatoms. The van der Waals surface area contributed by atoms with E-state index in [2.05, 4.69) is 17.2 Å². The van der Waals surface area contributed by atoms with Crippen LogP contribution in [0.1, 0.15) is 50.6 Å². The van der Waals surface area contributed by atoms with Gasteiger partial charge in [0.25, 0.3) is 5.56 Å². The van der Waals surface area contributed by atoms with Gasteiger partial charge in [0, 0.05) is 49.4 Å². The molecule has 0 spiro atoms. The minimum atomic E-state index is -3.16. The second kappa shape index (κ2) is 8.84. The van der Waals surface area contributed by atoms with Gasteiger partial charge >= 0.3 is 0 Å². The van der Waals surface area contributed by atoms with Gasteiger partial charge < -0.3 is 10.1 Å². The Hall–Kier alpha value is -2.04. The number of rotatable bonds is 6. The highest BCUT2D eigenvalue weighted by atomic mass is 32.2. The van der Waals surface area contributed by atoms with Gasteiger partial charge in [-0.25, -0.2) is 17.7 Å². The number of pyridine rings is 1. The number of sulfonamides is 1. The van der Waals surface area contributed by atoms with E-state index in [1.165, 1.54) is 10.6 Å². The zero-order valence-corrected chi connectivity index (χ0v) is 19.2. The fourth-order valence-corrected chi connectivity index (χ4v) is 5.71. The average Bonchev–Trinajstić information content (AvgIpc) is 3.14.